The molecule has 0 spiro atoms. The van der Waals surface area contributed by atoms with E-state index < -0.39 is 0 Å². The summed E-state index contributed by atoms with van der Waals surface area (Å²) in [5, 5.41) is 7.48. The van der Waals surface area contributed by atoms with Crippen LogP contribution in [0.5, 0.6) is 0 Å². The van der Waals surface area contributed by atoms with Crippen LogP contribution in [-0.2, 0) is 6.54 Å². The molecule has 0 atom stereocenters. The predicted molar refractivity (Wildman–Crippen MR) is 105 cm³/mol. The fraction of sp³-hybridized carbons (Fsp3) is 0.111. The molecule has 0 saturated carbocycles. The lowest BCUT2D eigenvalue weighted by atomic mass is 10.1. The molecule has 24 heavy (non-hydrogen) atoms. The van der Waals surface area contributed by atoms with Crippen molar-refractivity contribution in [3.05, 3.63) is 69.8 Å². The Morgan fingerprint density at radius 3 is 2.75 bits per heavy atom. The van der Waals surface area contributed by atoms with Crippen LogP contribution in [0.4, 0.5) is 5.69 Å². The van der Waals surface area contributed by atoms with E-state index in [0.29, 0.717) is 0 Å². The Morgan fingerprint density at radius 1 is 1.21 bits per heavy atom. The number of anilines is 1. The Bertz CT molecular complexity index is 814. The van der Waals surface area contributed by atoms with Crippen molar-refractivity contribution in [1.82, 2.24) is 10.3 Å². The molecule has 122 valence electrons. The zero-order chi connectivity index (χ0) is 16.8. The van der Waals surface area contributed by atoms with Gasteiger partial charge in [-0.05, 0) is 77.2 Å². The normalized spacial score (nSPS) is 11.1. The molecule has 0 aliphatic rings. The van der Waals surface area contributed by atoms with Gasteiger partial charge in [-0.25, -0.2) is 4.98 Å². The highest BCUT2D eigenvalue weighted by Crippen LogP contribution is 2.20. The SMILES string of the molecule is CNCc1cc(/C=N/Nc2ccc(-c3cnco3)cc2)ccc1I. The average molecular weight is 432 g/mol. The van der Waals surface area contributed by atoms with Crippen LogP contribution in [-0.4, -0.2) is 18.2 Å². The van der Waals surface area contributed by atoms with Crippen molar-refractivity contribution in [1.29, 1.82) is 0 Å². The first-order valence-electron chi connectivity index (χ1n) is 7.47. The molecule has 2 N–H and O–H groups in total. The van der Waals surface area contributed by atoms with Gasteiger partial charge in [-0.3, -0.25) is 5.43 Å². The van der Waals surface area contributed by atoms with Crippen LogP contribution in [0.25, 0.3) is 11.3 Å². The highest BCUT2D eigenvalue weighted by atomic mass is 127. The lowest BCUT2D eigenvalue weighted by Gasteiger charge is -2.05. The molecule has 2 aromatic carbocycles. The van der Waals surface area contributed by atoms with Crippen molar-refractivity contribution in [2.24, 2.45) is 5.10 Å². The molecule has 1 heterocycles. The lowest BCUT2D eigenvalue weighted by Crippen LogP contribution is -2.07. The first-order chi connectivity index (χ1) is 11.8. The first-order valence-corrected chi connectivity index (χ1v) is 8.55. The molecule has 6 heteroatoms. The van der Waals surface area contributed by atoms with Crippen LogP contribution in [0.3, 0.4) is 0 Å². The van der Waals surface area contributed by atoms with Crippen LogP contribution < -0.4 is 10.7 Å². The lowest BCUT2D eigenvalue weighted by molar-refractivity contribution is 0.572. The van der Waals surface area contributed by atoms with Crippen LogP contribution in [0.15, 0.2) is 64.6 Å². The molecule has 0 unspecified atom stereocenters. The van der Waals surface area contributed by atoms with Crippen LogP contribution in [0.1, 0.15) is 11.1 Å². The average Bonchev–Trinajstić information content (AvgIpc) is 3.13. The minimum Gasteiger partial charge on any atom is -0.444 e. The monoisotopic (exact) mass is 432 g/mol. The molecule has 3 rings (SSSR count). The number of aromatic nitrogens is 1. The highest BCUT2D eigenvalue weighted by molar-refractivity contribution is 14.1. The number of rotatable bonds is 6. The van der Waals surface area contributed by atoms with E-state index in [9.17, 15) is 0 Å². The van der Waals surface area contributed by atoms with Gasteiger partial charge in [-0.1, -0.05) is 6.07 Å². The van der Waals surface area contributed by atoms with Crippen molar-refractivity contribution in [3.8, 4) is 11.3 Å². The largest absolute Gasteiger partial charge is 0.444 e. The number of nitrogens with one attached hydrogen (secondary N) is 2. The minimum atomic E-state index is 0.751. The van der Waals surface area contributed by atoms with Crippen LogP contribution in [0, 0.1) is 3.57 Å². The van der Waals surface area contributed by atoms with E-state index in [1.165, 1.54) is 15.5 Å². The summed E-state index contributed by atoms with van der Waals surface area (Å²) in [6, 6.07) is 14.1. The Morgan fingerprint density at radius 2 is 2.04 bits per heavy atom. The maximum atomic E-state index is 5.27. The van der Waals surface area contributed by atoms with E-state index in [1.807, 2.05) is 37.5 Å². The van der Waals surface area contributed by atoms with E-state index in [-0.39, 0.29) is 0 Å². The van der Waals surface area contributed by atoms with Gasteiger partial charge in [0, 0.05) is 15.7 Å². The zero-order valence-corrected chi connectivity index (χ0v) is 15.3. The number of hydrogen-bond acceptors (Lipinski definition) is 5. The van der Waals surface area contributed by atoms with E-state index in [4.69, 9.17) is 4.42 Å². The van der Waals surface area contributed by atoms with Gasteiger partial charge in [0.25, 0.3) is 0 Å². The Labute approximate surface area is 154 Å². The van der Waals surface area contributed by atoms with Crippen molar-refractivity contribution < 1.29 is 4.42 Å². The van der Waals surface area contributed by atoms with Crippen LogP contribution >= 0.6 is 22.6 Å². The Kier molecular flexibility index (Phi) is 5.60. The van der Waals surface area contributed by atoms with E-state index in [1.54, 1.807) is 6.20 Å². The summed E-state index contributed by atoms with van der Waals surface area (Å²) in [6.07, 6.45) is 4.94. The molecule has 0 bridgehead atoms. The van der Waals surface area contributed by atoms with Gasteiger partial charge >= 0.3 is 0 Å². The second-order valence-electron chi connectivity index (χ2n) is 5.19. The quantitative estimate of drug-likeness (QED) is 0.350. The second-order valence-corrected chi connectivity index (χ2v) is 6.36. The zero-order valence-electron chi connectivity index (χ0n) is 13.2. The number of benzene rings is 2. The van der Waals surface area contributed by atoms with Crippen LogP contribution in [0.2, 0.25) is 0 Å². The maximum Gasteiger partial charge on any atom is 0.181 e. The molecule has 5 nitrogen and oxygen atoms in total. The second kappa shape index (κ2) is 8.07. The summed E-state index contributed by atoms with van der Waals surface area (Å²) in [4.78, 5) is 3.92. The standard InChI is InChI=1S/C18H17IN4O/c1-20-10-15-8-13(2-7-17(15)19)9-22-23-16-5-3-14(4-6-16)18-11-21-12-24-18/h2-9,11-12,20,23H,10H2,1H3/b22-9+. The number of hydrogen-bond donors (Lipinski definition) is 2. The van der Waals surface area contributed by atoms with Gasteiger partial charge in [-0.15, -0.1) is 0 Å². The summed E-state index contributed by atoms with van der Waals surface area (Å²) in [5.41, 5.74) is 7.26. The van der Waals surface area contributed by atoms with Crippen molar-refractivity contribution in [2.75, 3.05) is 12.5 Å². The van der Waals surface area contributed by atoms with Crippen molar-refractivity contribution in [2.45, 2.75) is 6.54 Å². The summed E-state index contributed by atoms with van der Waals surface area (Å²) < 4.78 is 6.52. The number of oxazole rings is 1. The van der Waals surface area contributed by atoms with Gasteiger partial charge in [-0.2, -0.15) is 5.10 Å². The summed E-state index contributed by atoms with van der Waals surface area (Å²) in [6.45, 7) is 0.844. The third-order valence-corrected chi connectivity index (χ3v) is 4.50. The van der Waals surface area contributed by atoms with Gasteiger partial charge in [0.05, 0.1) is 18.1 Å². The fourth-order valence-electron chi connectivity index (χ4n) is 2.25. The summed E-state index contributed by atoms with van der Waals surface area (Å²) in [7, 11) is 1.95. The number of halogens is 1. The Hall–Kier alpha value is -2.19. The van der Waals surface area contributed by atoms with Crippen molar-refractivity contribution in [3.63, 3.8) is 0 Å². The molecule has 0 saturated heterocycles. The predicted octanol–water partition coefficient (Wildman–Crippen LogP) is 4.11. The number of nitrogens with zero attached hydrogens (tertiary/aromatic N) is 2. The fourth-order valence-corrected chi connectivity index (χ4v) is 2.78. The third kappa shape index (κ3) is 4.21. The molecule has 3 aromatic rings. The van der Waals surface area contributed by atoms with E-state index in [2.05, 4.69) is 61.6 Å². The maximum absolute atomic E-state index is 5.27. The molecule has 0 aliphatic carbocycles. The van der Waals surface area contributed by atoms with Gasteiger partial charge in [0.15, 0.2) is 12.2 Å². The van der Waals surface area contributed by atoms with Gasteiger partial charge < -0.3 is 9.73 Å². The topological polar surface area (TPSA) is 62.5 Å². The van der Waals surface area contributed by atoms with Gasteiger partial charge in [0.2, 0.25) is 0 Å². The molecule has 0 radical (unpaired) electrons. The van der Waals surface area contributed by atoms with Gasteiger partial charge in [0.1, 0.15) is 0 Å². The van der Waals surface area contributed by atoms with E-state index in [0.717, 1.165) is 29.1 Å². The molecule has 0 fully saturated rings. The Balaban J connectivity index is 1.65. The first kappa shape index (κ1) is 16.7. The molecular weight excluding hydrogens is 415 g/mol. The minimum absolute atomic E-state index is 0.751. The third-order valence-electron chi connectivity index (χ3n) is 3.45. The summed E-state index contributed by atoms with van der Waals surface area (Å²) >= 11 is 2.34. The van der Waals surface area contributed by atoms with E-state index >= 15 is 0 Å². The number of hydrazone groups is 1. The summed E-state index contributed by atoms with van der Waals surface area (Å²) in [5.74, 6) is 0.751. The molecule has 1 aromatic heterocycles. The molecule has 0 amide bonds. The smallest absolute Gasteiger partial charge is 0.181 e. The molecular formula is C18H17IN4O. The van der Waals surface area contributed by atoms with Crippen molar-refractivity contribution >= 4 is 34.5 Å². The molecule has 0 aliphatic heterocycles. The highest BCUT2D eigenvalue weighted by Gasteiger charge is 2.01.